The molecule has 0 saturated carbocycles. The van der Waals surface area contributed by atoms with Crippen molar-refractivity contribution < 1.29 is 4.74 Å². The minimum Gasteiger partial charge on any atom is -0.388 e. The maximum atomic E-state index is 4.25. The Morgan fingerprint density at radius 3 is 2.58 bits per heavy atom. The van der Waals surface area contributed by atoms with E-state index in [1.807, 2.05) is 0 Å². The van der Waals surface area contributed by atoms with Crippen molar-refractivity contribution in [3.05, 3.63) is 58.7 Å². The minimum absolute atomic E-state index is 0.269. The molecule has 3 atom stereocenters. The summed E-state index contributed by atoms with van der Waals surface area (Å²) in [6, 6.07) is 9.74. The van der Waals surface area contributed by atoms with Gasteiger partial charge in [-0.15, -0.1) is 0 Å². The molecule has 2 saturated heterocycles. The number of rotatable bonds is 1. The van der Waals surface area contributed by atoms with Crippen molar-refractivity contribution in [1.82, 2.24) is 4.90 Å². The zero-order chi connectivity index (χ0) is 17.3. The van der Waals surface area contributed by atoms with Crippen molar-refractivity contribution in [2.45, 2.75) is 45.1 Å². The van der Waals surface area contributed by atoms with Crippen LogP contribution in [0.3, 0.4) is 0 Å². The lowest BCUT2D eigenvalue weighted by molar-refractivity contribution is 0.168. The lowest BCUT2D eigenvalue weighted by Gasteiger charge is -2.48. The Morgan fingerprint density at radius 2 is 1.92 bits per heavy atom. The number of hydrogen-bond acceptors (Lipinski definition) is 2. The highest BCUT2D eigenvalue weighted by Gasteiger charge is 2.53. The molecule has 2 unspecified atom stereocenters. The second-order valence-electron chi connectivity index (χ2n) is 7.54. The van der Waals surface area contributed by atoms with Gasteiger partial charge in [0.15, 0.2) is 0 Å². The molecule has 0 amide bonds. The van der Waals surface area contributed by atoms with Crippen LogP contribution in [0.2, 0.25) is 0 Å². The van der Waals surface area contributed by atoms with Gasteiger partial charge in [-0.2, -0.15) is 0 Å². The van der Waals surface area contributed by atoms with Crippen molar-refractivity contribution in [3.8, 4) is 0 Å². The third kappa shape index (κ3) is 2.66. The predicted molar refractivity (Wildman–Crippen MR) is 101 cm³/mol. The molecule has 2 bridgehead atoms. The molecule has 130 valence electrons. The van der Waals surface area contributed by atoms with Gasteiger partial charge in [0.1, 0.15) is 0 Å². The summed E-state index contributed by atoms with van der Waals surface area (Å²) in [5, 5.41) is 0. The van der Waals surface area contributed by atoms with Crippen LogP contribution >= 0.6 is 0 Å². The Hall–Kier alpha value is -1.38. The monoisotopic (exact) mass is 325 g/mol. The molecule has 2 nitrogen and oxygen atoms in total. The summed E-state index contributed by atoms with van der Waals surface area (Å²) >= 11 is 0. The van der Waals surface area contributed by atoms with E-state index in [0.717, 1.165) is 0 Å². The first-order valence-corrected chi connectivity index (χ1v) is 9.12. The van der Waals surface area contributed by atoms with Crippen molar-refractivity contribution in [2.24, 2.45) is 5.92 Å². The van der Waals surface area contributed by atoms with Crippen molar-refractivity contribution in [2.75, 3.05) is 27.3 Å². The summed E-state index contributed by atoms with van der Waals surface area (Å²) in [4.78, 5) is 2.74. The van der Waals surface area contributed by atoms with Crippen LogP contribution in [0, 0.1) is 12.8 Å². The van der Waals surface area contributed by atoms with Crippen molar-refractivity contribution in [3.63, 3.8) is 0 Å². The third-order valence-electron chi connectivity index (χ3n) is 6.19. The van der Waals surface area contributed by atoms with Gasteiger partial charge < -0.3 is 4.74 Å². The summed E-state index contributed by atoms with van der Waals surface area (Å²) < 4.78 is 4.25. The van der Waals surface area contributed by atoms with Gasteiger partial charge in [0, 0.05) is 44.7 Å². The van der Waals surface area contributed by atoms with Gasteiger partial charge in [-0.1, -0.05) is 47.6 Å². The van der Waals surface area contributed by atoms with Crippen LogP contribution in [0.15, 0.2) is 47.6 Å². The molecule has 2 fully saturated rings. The van der Waals surface area contributed by atoms with Crippen LogP contribution in [-0.2, 0) is 10.2 Å². The summed E-state index contributed by atoms with van der Waals surface area (Å²) in [6.45, 7) is 9.28. The zero-order valence-electron chi connectivity index (χ0n) is 15.8. The van der Waals surface area contributed by atoms with Gasteiger partial charge in [0.2, 0.25) is 0 Å². The van der Waals surface area contributed by atoms with E-state index in [1.54, 1.807) is 30.9 Å². The number of methoxy groups -OCH3 is 1. The fourth-order valence-electron chi connectivity index (χ4n) is 5.18. The first-order chi connectivity index (χ1) is 11.6. The van der Waals surface area contributed by atoms with E-state index in [-0.39, 0.29) is 5.41 Å². The average Bonchev–Trinajstić information content (AvgIpc) is 2.96. The molecule has 0 radical (unpaired) electrons. The average molecular weight is 325 g/mol. The van der Waals surface area contributed by atoms with Gasteiger partial charge in [0.05, 0.1) is 0 Å². The SMILES string of the molecule is C/C=C1\CN2CCC3(c4ccccc4C)C=C(C)C1C[C@H]23.COC. The van der Waals surface area contributed by atoms with E-state index in [2.05, 4.69) is 66.8 Å². The number of ether oxygens (including phenoxy) is 1. The molecule has 0 N–H and O–H groups in total. The van der Waals surface area contributed by atoms with E-state index in [1.165, 1.54) is 31.5 Å². The van der Waals surface area contributed by atoms with Gasteiger partial charge in [-0.25, -0.2) is 0 Å². The van der Waals surface area contributed by atoms with Crippen LogP contribution in [0.1, 0.15) is 37.8 Å². The molecule has 3 aliphatic rings. The van der Waals surface area contributed by atoms with Crippen LogP contribution in [0.5, 0.6) is 0 Å². The molecular formula is C22H31NO. The summed E-state index contributed by atoms with van der Waals surface area (Å²) in [7, 11) is 3.25. The standard InChI is InChI=1S/C20H25N.C2H6O/c1-4-16-13-21-10-9-20(18-8-6-5-7-14(18)2)12-15(3)17(16)11-19(20)21;1-3-2/h4-8,12,17,19H,9-11,13H2,1-3H3;1-2H3/b16-4+;/t17?,19-,20?;/m0./s1. The highest BCUT2D eigenvalue weighted by molar-refractivity contribution is 5.46. The van der Waals surface area contributed by atoms with Crippen molar-refractivity contribution in [1.29, 1.82) is 0 Å². The molecule has 2 aliphatic heterocycles. The van der Waals surface area contributed by atoms with Crippen LogP contribution in [0.25, 0.3) is 0 Å². The fourth-order valence-corrected chi connectivity index (χ4v) is 5.18. The largest absolute Gasteiger partial charge is 0.388 e. The lowest BCUT2D eigenvalue weighted by Crippen LogP contribution is -2.50. The quantitative estimate of drug-likeness (QED) is 0.705. The normalized spacial score (nSPS) is 33.0. The van der Waals surface area contributed by atoms with E-state index in [0.29, 0.717) is 12.0 Å². The van der Waals surface area contributed by atoms with Crippen LogP contribution in [-0.4, -0.2) is 38.3 Å². The van der Waals surface area contributed by atoms with Gasteiger partial charge in [-0.05, 0) is 44.7 Å². The van der Waals surface area contributed by atoms with E-state index >= 15 is 0 Å². The predicted octanol–water partition coefficient (Wildman–Crippen LogP) is 4.50. The van der Waals surface area contributed by atoms with Crippen LogP contribution < -0.4 is 0 Å². The summed E-state index contributed by atoms with van der Waals surface area (Å²) in [5.74, 6) is 0.700. The maximum absolute atomic E-state index is 4.25. The smallest absolute Gasteiger partial charge is 0.0351 e. The Balaban J connectivity index is 0.000000526. The molecule has 0 spiro atoms. The van der Waals surface area contributed by atoms with E-state index in [4.69, 9.17) is 0 Å². The number of piperidine rings is 1. The molecule has 24 heavy (non-hydrogen) atoms. The molecular weight excluding hydrogens is 294 g/mol. The molecule has 1 aromatic rings. The Morgan fingerprint density at radius 1 is 1.21 bits per heavy atom. The maximum Gasteiger partial charge on any atom is 0.0351 e. The fraction of sp³-hybridized carbons (Fsp3) is 0.545. The first-order valence-electron chi connectivity index (χ1n) is 9.12. The topological polar surface area (TPSA) is 12.5 Å². The number of aryl methyl sites for hydroxylation is 1. The second kappa shape index (κ2) is 6.85. The minimum atomic E-state index is 0.269. The molecule has 4 rings (SSSR count). The second-order valence-corrected chi connectivity index (χ2v) is 7.54. The van der Waals surface area contributed by atoms with E-state index < -0.39 is 0 Å². The highest BCUT2D eigenvalue weighted by atomic mass is 16.4. The number of fused-ring (bicyclic) bond motifs is 1. The lowest BCUT2D eigenvalue weighted by atomic mass is 9.62. The van der Waals surface area contributed by atoms with Gasteiger partial charge in [-0.3, -0.25) is 4.90 Å². The Labute approximate surface area is 147 Å². The summed E-state index contributed by atoms with van der Waals surface area (Å²) in [5.41, 5.74) is 6.54. The molecule has 2 heterocycles. The Bertz CT molecular complexity index is 660. The number of allylic oxidation sites excluding steroid dienone is 2. The van der Waals surface area contributed by atoms with Gasteiger partial charge in [0.25, 0.3) is 0 Å². The van der Waals surface area contributed by atoms with Crippen LogP contribution in [0.4, 0.5) is 0 Å². The highest BCUT2D eigenvalue weighted by Crippen LogP contribution is 2.53. The molecule has 1 aromatic carbocycles. The molecule has 1 aliphatic carbocycles. The zero-order valence-corrected chi connectivity index (χ0v) is 15.8. The Kier molecular flexibility index (Phi) is 4.98. The molecule has 2 heteroatoms. The molecule has 0 aromatic heterocycles. The van der Waals surface area contributed by atoms with Crippen molar-refractivity contribution >= 4 is 0 Å². The number of hydrogen-bond donors (Lipinski definition) is 0. The third-order valence-corrected chi connectivity index (χ3v) is 6.19. The van der Waals surface area contributed by atoms with E-state index in [9.17, 15) is 0 Å². The van der Waals surface area contributed by atoms with Gasteiger partial charge >= 0.3 is 0 Å². The summed E-state index contributed by atoms with van der Waals surface area (Å²) in [6.07, 6.45) is 7.59. The number of nitrogens with zero attached hydrogens (tertiary/aromatic N) is 1. The number of benzene rings is 1. The first kappa shape index (κ1) is 17.4.